The zero-order valence-corrected chi connectivity index (χ0v) is 23.4. The number of morpholine rings is 1. The molecule has 0 spiro atoms. The molecule has 214 valence electrons. The topological polar surface area (TPSA) is 102 Å². The first-order chi connectivity index (χ1) is 19.1. The quantitative estimate of drug-likeness (QED) is 0.471. The van der Waals surface area contributed by atoms with Crippen LogP contribution in [0.4, 0.5) is 20.5 Å². The molecule has 3 aromatic rings. The molecule has 3 aliphatic heterocycles. The number of aromatic hydroxyl groups is 2. The maximum atomic E-state index is 14.0. The van der Waals surface area contributed by atoms with Gasteiger partial charge in [-0.25, -0.2) is 13.8 Å². The molecule has 5 heterocycles. The van der Waals surface area contributed by atoms with Gasteiger partial charge in [0.15, 0.2) is 0 Å². The SMILES string of the molecule is CC(C)c1cc(C(=O)N2CCc3c(sc4nc(N5CCOCC5)nc(N5CCC(F)(F)CC5)c34)C2)c(O)cc1O. The fraction of sp³-hybridized carbons (Fsp3) is 0.536. The van der Waals surface area contributed by atoms with Crippen molar-refractivity contribution in [1.29, 1.82) is 0 Å². The Balaban J connectivity index is 1.36. The molecule has 0 saturated carbocycles. The summed E-state index contributed by atoms with van der Waals surface area (Å²) in [5.41, 5.74) is 1.82. The lowest BCUT2D eigenvalue weighted by Crippen LogP contribution is -2.41. The largest absolute Gasteiger partial charge is 0.508 e. The number of rotatable bonds is 4. The molecule has 3 aliphatic rings. The molecule has 12 heteroatoms. The number of hydrogen-bond acceptors (Lipinski definition) is 9. The van der Waals surface area contributed by atoms with Crippen LogP contribution in [-0.4, -0.2) is 82.8 Å². The van der Waals surface area contributed by atoms with Crippen LogP contribution in [0, 0.1) is 0 Å². The van der Waals surface area contributed by atoms with Crippen molar-refractivity contribution >= 4 is 39.2 Å². The van der Waals surface area contributed by atoms with Crippen molar-refractivity contribution in [1.82, 2.24) is 14.9 Å². The first kappa shape index (κ1) is 26.9. The fourth-order valence-electron chi connectivity index (χ4n) is 5.72. The van der Waals surface area contributed by atoms with Crippen LogP contribution in [0.2, 0.25) is 0 Å². The zero-order chi connectivity index (χ0) is 28.2. The first-order valence-corrected chi connectivity index (χ1v) is 14.6. The fourth-order valence-corrected chi connectivity index (χ4v) is 6.94. The van der Waals surface area contributed by atoms with Crippen LogP contribution in [0.25, 0.3) is 10.2 Å². The van der Waals surface area contributed by atoms with Crippen LogP contribution in [0.3, 0.4) is 0 Å². The Morgan fingerprint density at radius 1 is 1.02 bits per heavy atom. The molecule has 1 aromatic carbocycles. The van der Waals surface area contributed by atoms with Gasteiger partial charge in [-0.2, -0.15) is 4.98 Å². The number of carbonyl (C=O) groups is 1. The van der Waals surface area contributed by atoms with E-state index in [4.69, 9.17) is 14.7 Å². The van der Waals surface area contributed by atoms with Crippen molar-refractivity contribution in [2.45, 2.75) is 51.5 Å². The van der Waals surface area contributed by atoms with E-state index in [1.165, 1.54) is 17.4 Å². The maximum Gasteiger partial charge on any atom is 0.257 e. The van der Waals surface area contributed by atoms with Gasteiger partial charge >= 0.3 is 0 Å². The number of anilines is 2. The molecule has 2 aromatic heterocycles. The number of hydrogen-bond donors (Lipinski definition) is 2. The van der Waals surface area contributed by atoms with Gasteiger partial charge in [-0.3, -0.25) is 4.79 Å². The van der Waals surface area contributed by atoms with Gasteiger partial charge in [0.25, 0.3) is 11.8 Å². The highest BCUT2D eigenvalue weighted by Gasteiger charge is 2.37. The average molecular weight is 574 g/mol. The Morgan fingerprint density at radius 3 is 2.45 bits per heavy atom. The van der Waals surface area contributed by atoms with E-state index in [1.54, 1.807) is 11.0 Å². The summed E-state index contributed by atoms with van der Waals surface area (Å²) < 4.78 is 33.5. The minimum atomic E-state index is -2.67. The number of benzene rings is 1. The highest BCUT2D eigenvalue weighted by atomic mass is 32.1. The number of halogens is 2. The minimum absolute atomic E-state index is 0.0184. The average Bonchev–Trinajstić information content (AvgIpc) is 3.30. The number of carbonyl (C=O) groups excluding carboxylic acids is 1. The van der Waals surface area contributed by atoms with Gasteiger partial charge in [-0.1, -0.05) is 13.8 Å². The van der Waals surface area contributed by atoms with E-state index in [2.05, 4.69) is 4.90 Å². The van der Waals surface area contributed by atoms with Crippen LogP contribution in [0.15, 0.2) is 12.1 Å². The van der Waals surface area contributed by atoms with E-state index < -0.39 is 5.92 Å². The number of alkyl halides is 2. The Hall–Kier alpha value is -3.25. The predicted octanol–water partition coefficient (Wildman–Crippen LogP) is 4.50. The van der Waals surface area contributed by atoms with Crippen molar-refractivity contribution in [3.05, 3.63) is 33.7 Å². The molecule has 0 unspecified atom stereocenters. The first-order valence-electron chi connectivity index (χ1n) is 13.7. The molecule has 40 heavy (non-hydrogen) atoms. The van der Waals surface area contributed by atoms with Gasteiger partial charge < -0.3 is 29.6 Å². The van der Waals surface area contributed by atoms with Crippen molar-refractivity contribution < 1.29 is 28.5 Å². The van der Waals surface area contributed by atoms with E-state index in [-0.39, 0.29) is 54.8 Å². The zero-order valence-electron chi connectivity index (χ0n) is 22.6. The minimum Gasteiger partial charge on any atom is -0.508 e. The van der Waals surface area contributed by atoms with Crippen molar-refractivity contribution in [2.24, 2.45) is 0 Å². The Morgan fingerprint density at radius 2 is 1.75 bits per heavy atom. The summed E-state index contributed by atoms with van der Waals surface area (Å²) >= 11 is 1.51. The van der Waals surface area contributed by atoms with Crippen molar-refractivity contribution in [3.8, 4) is 11.5 Å². The molecule has 0 radical (unpaired) electrons. The number of phenols is 2. The summed E-state index contributed by atoms with van der Waals surface area (Å²) in [5, 5.41) is 21.6. The lowest BCUT2D eigenvalue weighted by molar-refractivity contribution is -0.0221. The number of phenolic OH excluding ortho intramolecular Hbond substituents is 2. The third kappa shape index (κ3) is 4.91. The van der Waals surface area contributed by atoms with Crippen LogP contribution in [-0.2, 0) is 17.7 Å². The standard InChI is InChI=1S/C28H33F2N5O4S/c1-16(2)18-13-19(21(37)14-20(18)36)26(38)35-6-3-17-22(15-35)40-25-23(17)24(33-7-4-28(29,30)5-8-33)31-27(32-25)34-9-11-39-12-10-34/h13-14,16,36-37H,3-12,15H2,1-2H3. The number of aromatic nitrogens is 2. The van der Waals surface area contributed by atoms with Gasteiger partial charge in [0.2, 0.25) is 5.95 Å². The molecular formula is C28H33F2N5O4S. The van der Waals surface area contributed by atoms with Crippen LogP contribution >= 0.6 is 11.3 Å². The second kappa shape index (κ2) is 10.3. The van der Waals surface area contributed by atoms with Crippen LogP contribution in [0.5, 0.6) is 11.5 Å². The summed E-state index contributed by atoms with van der Waals surface area (Å²) in [6.45, 7) is 7.51. The van der Waals surface area contributed by atoms with E-state index in [0.29, 0.717) is 63.1 Å². The number of fused-ring (bicyclic) bond motifs is 3. The number of ether oxygens (including phenoxy) is 1. The molecule has 0 bridgehead atoms. The highest BCUT2D eigenvalue weighted by Crippen LogP contribution is 2.42. The summed E-state index contributed by atoms with van der Waals surface area (Å²) in [4.78, 5) is 30.9. The second-order valence-electron chi connectivity index (χ2n) is 11.0. The monoisotopic (exact) mass is 573 g/mol. The Bertz CT molecular complexity index is 1450. The smallest absolute Gasteiger partial charge is 0.257 e. The number of nitrogens with zero attached hydrogens (tertiary/aromatic N) is 5. The predicted molar refractivity (Wildman–Crippen MR) is 149 cm³/mol. The second-order valence-corrected chi connectivity index (χ2v) is 12.1. The number of piperidine rings is 1. The molecular weight excluding hydrogens is 540 g/mol. The Kier molecular flexibility index (Phi) is 6.94. The van der Waals surface area contributed by atoms with Gasteiger partial charge in [-0.05, 0) is 29.5 Å². The molecule has 6 rings (SSSR count). The number of amides is 1. The molecule has 9 nitrogen and oxygen atoms in total. The van der Waals surface area contributed by atoms with Crippen molar-refractivity contribution in [3.63, 3.8) is 0 Å². The summed E-state index contributed by atoms with van der Waals surface area (Å²) in [5.74, 6) is -2.01. The molecule has 1 amide bonds. The van der Waals surface area contributed by atoms with Gasteiger partial charge in [0.05, 0.1) is 30.7 Å². The normalized spacial score (nSPS) is 19.4. The Labute approximate surface area is 235 Å². The maximum absolute atomic E-state index is 14.0. The molecule has 2 N–H and O–H groups in total. The molecule has 2 saturated heterocycles. The van der Waals surface area contributed by atoms with Gasteiger partial charge in [-0.15, -0.1) is 11.3 Å². The third-order valence-electron chi connectivity index (χ3n) is 8.04. The van der Waals surface area contributed by atoms with Gasteiger partial charge in [0, 0.05) is 56.5 Å². The van der Waals surface area contributed by atoms with E-state index in [9.17, 15) is 23.8 Å². The lowest BCUT2D eigenvalue weighted by atomic mass is 9.97. The van der Waals surface area contributed by atoms with E-state index in [1.807, 2.05) is 18.7 Å². The van der Waals surface area contributed by atoms with E-state index in [0.717, 1.165) is 20.7 Å². The summed E-state index contributed by atoms with van der Waals surface area (Å²) in [6, 6.07) is 2.80. The van der Waals surface area contributed by atoms with Crippen molar-refractivity contribution in [2.75, 3.05) is 55.7 Å². The summed E-state index contributed by atoms with van der Waals surface area (Å²) in [7, 11) is 0. The molecule has 2 fully saturated rings. The third-order valence-corrected chi connectivity index (χ3v) is 9.15. The molecule has 0 aliphatic carbocycles. The number of thiophene rings is 1. The molecule has 0 atom stereocenters. The highest BCUT2D eigenvalue weighted by molar-refractivity contribution is 7.19. The summed E-state index contributed by atoms with van der Waals surface area (Å²) in [6.07, 6.45) is 0.136. The van der Waals surface area contributed by atoms with E-state index >= 15 is 0 Å². The van der Waals surface area contributed by atoms with Crippen LogP contribution in [0.1, 0.15) is 59.0 Å². The lowest BCUT2D eigenvalue weighted by Gasteiger charge is -2.34. The van der Waals surface area contributed by atoms with Gasteiger partial charge in [0.1, 0.15) is 22.1 Å². The van der Waals surface area contributed by atoms with Crippen LogP contribution < -0.4 is 9.80 Å².